The van der Waals surface area contributed by atoms with E-state index in [1.54, 1.807) is 0 Å². The number of hydrogen-bond acceptors (Lipinski definition) is 2. The highest BCUT2D eigenvalue weighted by atomic mass is 16.1. The average molecular weight is 288 g/mol. The summed E-state index contributed by atoms with van der Waals surface area (Å²) in [4.78, 5) is 12.1. The van der Waals surface area contributed by atoms with E-state index in [-0.39, 0.29) is 5.91 Å². The van der Waals surface area contributed by atoms with Gasteiger partial charge in [-0.2, -0.15) is 0 Å². The van der Waals surface area contributed by atoms with Crippen LogP contribution in [0.1, 0.15) is 61.9 Å². The van der Waals surface area contributed by atoms with Crippen LogP contribution >= 0.6 is 0 Å². The van der Waals surface area contributed by atoms with Crippen LogP contribution in [0.15, 0.2) is 18.2 Å². The molecule has 0 atom stereocenters. The largest absolute Gasteiger partial charge is 0.384 e. The summed E-state index contributed by atoms with van der Waals surface area (Å²) >= 11 is 0. The monoisotopic (exact) mass is 288 g/mol. The Hall–Kier alpha value is -1.51. The molecule has 0 bridgehead atoms. The molecule has 116 valence electrons. The van der Waals surface area contributed by atoms with Gasteiger partial charge in [0.05, 0.1) is 0 Å². The van der Waals surface area contributed by atoms with Crippen molar-refractivity contribution in [3.63, 3.8) is 0 Å². The van der Waals surface area contributed by atoms with Crippen molar-refractivity contribution in [2.24, 2.45) is 5.92 Å². The number of fused-ring (bicyclic) bond motifs is 1. The maximum atomic E-state index is 12.1. The maximum absolute atomic E-state index is 12.1. The Morgan fingerprint density at radius 1 is 1.24 bits per heavy atom. The fourth-order valence-electron chi connectivity index (χ4n) is 2.78. The number of carbonyl (C=O) groups excluding carboxylic acids is 1. The third kappa shape index (κ3) is 5.07. The molecule has 1 aliphatic rings. The number of amides is 1. The Morgan fingerprint density at radius 3 is 2.86 bits per heavy atom. The van der Waals surface area contributed by atoms with Crippen molar-refractivity contribution in [3.05, 3.63) is 29.3 Å². The van der Waals surface area contributed by atoms with Crippen molar-refractivity contribution in [2.45, 2.75) is 52.4 Å². The fourth-order valence-corrected chi connectivity index (χ4v) is 2.78. The van der Waals surface area contributed by atoms with Crippen LogP contribution in [0.25, 0.3) is 0 Å². The molecule has 0 aromatic heterocycles. The molecule has 2 N–H and O–H groups in total. The Kier molecular flexibility index (Phi) is 6.09. The highest BCUT2D eigenvalue weighted by Crippen LogP contribution is 2.22. The normalized spacial score (nSPS) is 13.1. The average Bonchev–Trinajstić information content (AvgIpc) is 2.93. The SMILES string of the molecule is CC(C)CCCCCCNC(=O)c1ccc2c(c1)CCN2. The van der Waals surface area contributed by atoms with Crippen LogP contribution in [0.5, 0.6) is 0 Å². The van der Waals surface area contributed by atoms with Gasteiger partial charge in [0.1, 0.15) is 0 Å². The summed E-state index contributed by atoms with van der Waals surface area (Å²) < 4.78 is 0. The Morgan fingerprint density at radius 2 is 2.05 bits per heavy atom. The van der Waals surface area contributed by atoms with Gasteiger partial charge in [-0.15, -0.1) is 0 Å². The van der Waals surface area contributed by atoms with E-state index in [2.05, 4.69) is 24.5 Å². The molecule has 1 heterocycles. The molecule has 3 nitrogen and oxygen atoms in total. The third-order valence-electron chi connectivity index (χ3n) is 4.07. The van der Waals surface area contributed by atoms with Gasteiger partial charge in [0.15, 0.2) is 0 Å². The molecule has 0 unspecified atom stereocenters. The molecule has 21 heavy (non-hydrogen) atoms. The van der Waals surface area contributed by atoms with Gasteiger partial charge < -0.3 is 10.6 Å². The highest BCUT2D eigenvalue weighted by Gasteiger charge is 2.12. The smallest absolute Gasteiger partial charge is 0.251 e. The molecule has 1 amide bonds. The minimum absolute atomic E-state index is 0.0619. The summed E-state index contributed by atoms with van der Waals surface area (Å²) in [7, 11) is 0. The van der Waals surface area contributed by atoms with Crippen molar-refractivity contribution in [1.82, 2.24) is 5.32 Å². The number of carbonyl (C=O) groups is 1. The molecule has 1 aromatic carbocycles. The molecular formula is C18H28N2O. The van der Waals surface area contributed by atoms with E-state index in [9.17, 15) is 4.79 Å². The first-order valence-electron chi connectivity index (χ1n) is 8.32. The minimum atomic E-state index is 0.0619. The lowest BCUT2D eigenvalue weighted by Gasteiger charge is -2.07. The number of benzene rings is 1. The summed E-state index contributed by atoms with van der Waals surface area (Å²) in [6.07, 6.45) is 7.21. The first kappa shape index (κ1) is 15.9. The number of anilines is 1. The molecule has 1 aliphatic heterocycles. The molecule has 2 rings (SSSR count). The minimum Gasteiger partial charge on any atom is -0.384 e. The van der Waals surface area contributed by atoms with Crippen LogP contribution in [0.4, 0.5) is 5.69 Å². The van der Waals surface area contributed by atoms with Gasteiger partial charge in [0.25, 0.3) is 5.91 Å². The zero-order valence-electron chi connectivity index (χ0n) is 13.4. The number of rotatable bonds is 8. The summed E-state index contributed by atoms with van der Waals surface area (Å²) in [6.45, 7) is 6.31. The molecular weight excluding hydrogens is 260 g/mol. The van der Waals surface area contributed by atoms with Crippen molar-refractivity contribution in [2.75, 3.05) is 18.4 Å². The lowest BCUT2D eigenvalue weighted by Crippen LogP contribution is -2.24. The highest BCUT2D eigenvalue weighted by molar-refractivity contribution is 5.95. The Labute approximate surface area is 128 Å². The first-order chi connectivity index (χ1) is 10.2. The number of nitrogens with one attached hydrogen (secondary N) is 2. The second-order valence-electron chi connectivity index (χ2n) is 6.40. The van der Waals surface area contributed by atoms with E-state index in [1.807, 2.05) is 18.2 Å². The van der Waals surface area contributed by atoms with Gasteiger partial charge in [-0.05, 0) is 42.5 Å². The second-order valence-corrected chi connectivity index (χ2v) is 6.40. The lowest BCUT2D eigenvalue weighted by atomic mass is 10.0. The Bertz CT molecular complexity index is 468. The van der Waals surface area contributed by atoms with Crippen molar-refractivity contribution >= 4 is 11.6 Å². The maximum Gasteiger partial charge on any atom is 0.251 e. The van der Waals surface area contributed by atoms with Crippen LogP contribution in [0.3, 0.4) is 0 Å². The predicted octanol–water partition coefficient (Wildman–Crippen LogP) is 3.99. The van der Waals surface area contributed by atoms with Crippen LogP contribution in [0.2, 0.25) is 0 Å². The van der Waals surface area contributed by atoms with Gasteiger partial charge >= 0.3 is 0 Å². The summed E-state index contributed by atoms with van der Waals surface area (Å²) in [5.74, 6) is 0.867. The van der Waals surface area contributed by atoms with Gasteiger partial charge in [-0.1, -0.05) is 39.5 Å². The van der Waals surface area contributed by atoms with Gasteiger partial charge in [-0.3, -0.25) is 4.79 Å². The number of unbranched alkanes of at least 4 members (excludes halogenated alkanes) is 3. The molecule has 0 saturated heterocycles. The van der Waals surface area contributed by atoms with Gasteiger partial charge in [0, 0.05) is 24.3 Å². The summed E-state index contributed by atoms with van der Waals surface area (Å²) in [5.41, 5.74) is 3.23. The standard InChI is InChI=1S/C18H28N2O/c1-14(2)7-5-3-4-6-11-20-18(21)16-8-9-17-15(13-16)10-12-19-17/h8-9,13-14,19H,3-7,10-12H2,1-2H3,(H,20,21). The van der Waals surface area contributed by atoms with E-state index < -0.39 is 0 Å². The van der Waals surface area contributed by atoms with Crippen molar-refractivity contribution in [1.29, 1.82) is 0 Å². The quantitative estimate of drug-likeness (QED) is 0.710. The van der Waals surface area contributed by atoms with Crippen LogP contribution in [0, 0.1) is 5.92 Å². The van der Waals surface area contributed by atoms with E-state index in [1.165, 1.54) is 36.9 Å². The zero-order valence-corrected chi connectivity index (χ0v) is 13.4. The molecule has 0 radical (unpaired) electrons. The van der Waals surface area contributed by atoms with Crippen LogP contribution < -0.4 is 10.6 Å². The lowest BCUT2D eigenvalue weighted by molar-refractivity contribution is 0.0953. The zero-order chi connectivity index (χ0) is 15.1. The van der Waals surface area contributed by atoms with E-state index in [0.29, 0.717) is 0 Å². The van der Waals surface area contributed by atoms with E-state index >= 15 is 0 Å². The fraction of sp³-hybridized carbons (Fsp3) is 0.611. The summed E-state index contributed by atoms with van der Waals surface area (Å²) in [6, 6.07) is 5.95. The Balaban J connectivity index is 1.63. The molecule has 0 spiro atoms. The van der Waals surface area contributed by atoms with E-state index in [4.69, 9.17) is 0 Å². The van der Waals surface area contributed by atoms with Gasteiger partial charge in [0.2, 0.25) is 0 Å². The predicted molar refractivity (Wildman–Crippen MR) is 88.9 cm³/mol. The van der Waals surface area contributed by atoms with Gasteiger partial charge in [-0.25, -0.2) is 0 Å². The summed E-state index contributed by atoms with van der Waals surface area (Å²) in [5, 5.41) is 6.34. The molecule has 0 aliphatic carbocycles. The van der Waals surface area contributed by atoms with E-state index in [0.717, 1.165) is 37.4 Å². The third-order valence-corrected chi connectivity index (χ3v) is 4.07. The topological polar surface area (TPSA) is 41.1 Å². The molecule has 0 fully saturated rings. The molecule has 0 saturated carbocycles. The molecule has 1 aromatic rings. The van der Waals surface area contributed by atoms with Crippen LogP contribution in [-0.2, 0) is 6.42 Å². The van der Waals surface area contributed by atoms with Crippen LogP contribution in [-0.4, -0.2) is 19.0 Å². The second kappa shape index (κ2) is 8.06. The van der Waals surface area contributed by atoms with Crippen molar-refractivity contribution < 1.29 is 4.79 Å². The van der Waals surface area contributed by atoms with Crippen molar-refractivity contribution in [3.8, 4) is 0 Å². The molecule has 3 heteroatoms. The first-order valence-corrected chi connectivity index (χ1v) is 8.32. The number of hydrogen-bond donors (Lipinski definition) is 2.